The number of allylic oxidation sites excluding steroid dienone is 1. The Balaban J connectivity index is 1.82. The standard InChI is InChI=1S/C20H18N4O3S/c1-3-11-23-19(17-10-5-4-7-14(17)2)21-22-20(23)28-13-18(25)15-8-6-9-16(12-15)24(26)27/h3-10,12H,1,11,13H2,2H3. The van der Waals surface area contributed by atoms with E-state index in [4.69, 9.17) is 0 Å². The fourth-order valence-electron chi connectivity index (χ4n) is 2.72. The van der Waals surface area contributed by atoms with Crippen molar-refractivity contribution in [1.29, 1.82) is 0 Å². The summed E-state index contributed by atoms with van der Waals surface area (Å²) < 4.78 is 1.90. The number of ketones is 1. The first-order valence-corrected chi connectivity index (χ1v) is 9.50. The van der Waals surface area contributed by atoms with Crippen molar-refractivity contribution in [3.63, 3.8) is 0 Å². The van der Waals surface area contributed by atoms with Gasteiger partial charge in [-0.1, -0.05) is 54.2 Å². The predicted octanol–water partition coefficient (Wildman–Crippen LogP) is 4.32. The van der Waals surface area contributed by atoms with Crippen LogP contribution in [0.2, 0.25) is 0 Å². The quantitative estimate of drug-likeness (QED) is 0.186. The predicted molar refractivity (Wildman–Crippen MR) is 109 cm³/mol. The van der Waals surface area contributed by atoms with E-state index in [1.165, 1.54) is 30.0 Å². The van der Waals surface area contributed by atoms with Crippen molar-refractivity contribution in [2.45, 2.75) is 18.6 Å². The Morgan fingerprint density at radius 1 is 1.25 bits per heavy atom. The maximum atomic E-state index is 12.5. The highest BCUT2D eigenvalue weighted by molar-refractivity contribution is 7.99. The first-order valence-electron chi connectivity index (χ1n) is 8.52. The fourth-order valence-corrected chi connectivity index (χ4v) is 3.56. The number of benzene rings is 2. The molecule has 0 atom stereocenters. The molecule has 0 aliphatic carbocycles. The topological polar surface area (TPSA) is 90.9 Å². The maximum Gasteiger partial charge on any atom is 0.270 e. The molecule has 2 aromatic carbocycles. The number of hydrogen-bond acceptors (Lipinski definition) is 6. The van der Waals surface area contributed by atoms with Crippen LogP contribution >= 0.6 is 11.8 Å². The minimum absolute atomic E-state index is 0.101. The van der Waals surface area contributed by atoms with Crippen LogP contribution in [0, 0.1) is 17.0 Å². The number of nitro groups is 1. The monoisotopic (exact) mass is 394 g/mol. The van der Waals surface area contributed by atoms with Gasteiger partial charge in [0.2, 0.25) is 0 Å². The summed E-state index contributed by atoms with van der Waals surface area (Å²) in [5, 5.41) is 20.0. The Bertz CT molecular complexity index is 1050. The van der Waals surface area contributed by atoms with Gasteiger partial charge in [0.1, 0.15) is 0 Å². The number of thioether (sulfide) groups is 1. The van der Waals surface area contributed by atoms with Crippen LogP contribution in [-0.4, -0.2) is 31.2 Å². The van der Waals surface area contributed by atoms with Gasteiger partial charge in [0.15, 0.2) is 16.8 Å². The van der Waals surface area contributed by atoms with Gasteiger partial charge in [-0.15, -0.1) is 16.8 Å². The summed E-state index contributed by atoms with van der Waals surface area (Å²) >= 11 is 1.25. The number of Topliss-reactive ketones (excluding diaryl/α,β-unsaturated/α-hetero) is 1. The zero-order chi connectivity index (χ0) is 20.1. The fraction of sp³-hybridized carbons (Fsp3) is 0.150. The molecule has 0 unspecified atom stereocenters. The van der Waals surface area contributed by atoms with Gasteiger partial charge in [0, 0.05) is 29.8 Å². The van der Waals surface area contributed by atoms with Gasteiger partial charge >= 0.3 is 0 Å². The van der Waals surface area contributed by atoms with Gasteiger partial charge < -0.3 is 0 Å². The van der Waals surface area contributed by atoms with E-state index in [0.717, 1.165) is 11.1 Å². The van der Waals surface area contributed by atoms with Gasteiger partial charge in [0.25, 0.3) is 5.69 Å². The molecule has 0 N–H and O–H groups in total. The molecule has 142 valence electrons. The number of rotatable bonds is 8. The van der Waals surface area contributed by atoms with E-state index in [2.05, 4.69) is 16.8 Å². The molecule has 1 heterocycles. The van der Waals surface area contributed by atoms with Crippen LogP contribution < -0.4 is 0 Å². The van der Waals surface area contributed by atoms with Crippen molar-refractivity contribution in [2.24, 2.45) is 0 Å². The summed E-state index contributed by atoms with van der Waals surface area (Å²) in [5.41, 5.74) is 2.24. The maximum absolute atomic E-state index is 12.5. The molecule has 0 bridgehead atoms. The smallest absolute Gasteiger partial charge is 0.270 e. The van der Waals surface area contributed by atoms with Crippen molar-refractivity contribution < 1.29 is 9.72 Å². The molecule has 0 saturated carbocycles. The van der Waals surface area contributed by atoms with Crippen LogP contribution in [0.25, 0.3) is 11.4 Å². The average molecular weight is 394 g/mol. The van der Waals surface area contributed by atoms with Crippen molar-refractivity contribution in [1.82, 2.24) is 14.8 Å². The van der Waals surface area contributed by atoms with Crippen molar-refractivity contribution >= 4 is 23.2 Å². The molecule has 0 radical (unpaired) electrons. The molecule has 28 heavy (non-hydrogen) atoms. The van der Waals surface area contributed by atoms with Gasteiger partial charge in [-0.2, -0.15) is 0 Å². The lowest BCUT2D eigenvalue weighted by Crippen LogP contribution is -2.06. The lowest BCUT2D eigenvalue weighted by atomic mass is 10.1. The molecular formula is C20H18N4O3S. The first-order chi connectivity index (χ1) is 13.5. The second kappa shape index (κ2) is 8.62. The van der Waals surface area contributed by atoms with Gasteiger partial charge in [-0.3, -0.25) is 19.5 Å². The van der Waals surface area contributed by atoms with Gasteiger partial charge in [-0.25, -0.2) is 0 Å². The summed E-state index contributed by atoms with van der Waals surface area (Å²) in [6.07, 6.45) is 1.75. The van der Waals surface area contributed by atoms with Crippen LogP contribution in [0.15, 0.2) is 66.3 Å². The highest BCUT2D eigenvalue weighted by atomic mass is 32.2. The lowest BCUT2D eigenvalue weighted by molar-refractivity contribution is -0.384. The molecule has 0 amide bonds. The van der Waals surface area contributed by atoms with E-state index in [0.29, 0.717) is 23.1 Å². The van der Waals surface area contributed by atoms with Gasteiger partial charge in [0.05, 0.1) is 10.7 Å². The minimum Gasteiger partial charge on any atom is -0.298 e. The Morgan fingerprint density at radius 2 is 2.04 bits per heavy atom. The summed E-state index contributed by atoms with van der Waals surface area (Å²) in [6, 6.07) is 13.6. The number of carbonyl (C=O) groups is 1. The molecule has 8 heteroatoms. The summed E-state index contributed by atoms with van der Waals surface area (Å²) in [4.78, 5) is 22.9. The van der Waals surface area contributed by atoms with E-state index in [-0.39, 0.29) is 17.2 Å². The summed E-state index contributed by atoms with van der Waals surface area (Å²) in [6.45, 7) is 6.29. The molecule has 0 aliphatic heterocycles. The van der Waals surface area contributed by atoms with Crippen LogP contribution in [-0.2, 0) is 6.54 Å². The number of nitrogens with zero attached hydrogens (tertiary/aromatic N) is 4. The Kier molecular flexibility index (Phi) is 6.00. The normalized spacial score (nSPS) is 10.6. The zero-order valence-electron chi connectivity index (χ0n) is 15.2. The SMILES string of the molecule is C=CCn1c(SCC(=O)c2cccc([N+](=O)[O-])c2)nnc1-c1ccccc1C. The van der Waals surface area contributed by atoms with E-state index in [9.17, 15) is 14.9 Å². The third kappa shape index (κ3) is 4.17. The highest BCUT2D eigenvalue weighted by Crippen LogP contribution is 2.27. The molecule has 0 aliphatic rings. The lowest BCUT2D eigenvalue weighted by Gasteiger charge is -2.09. The van der Waals surface area contributed by atoms with Crippen molar-refractivity contribution in [3.8, 4) is 11.4 Å². The number of aryl methyl sites for hydroxylation is 1. The van der Waals surface area contributed by atoms with E-state index >= 15 is 0 Å². The van der Waals surface area contributed by atoms with Gasteiger partial charge in [-0.05, 0) is 12.5 Å². The Labute approximate surface area is 166 Å². The van der Waals surface area contributed by atoms with Crippen LogP contribution in [0.5, 0.6) is 0 Å². The molecule has 7 nitrogen and oxygen atoms in total. The van der Waals surface area contributed by atoms with Crippen molar-refractivity contribution in [3.05, 3.63) is 82.4 Å². The zero-order valence-corrected chi connectivity index (χ0v) is 16.1. The number of non-ortho nitro benzene ring substituents is 1. The molecule has 1 aromatic heterocycles. The Hall–Kier alpha value is -3.26. The summed E-state index contributed by atoms with van der Waals surface area (Å²) in [7, 11) is 0. The highest BCUT2D eigenvalue weighted by Gasteiger charge is 2.17. The molecular weight excluding hydrogens is 376 g/mol. The third-order valence-corrected chi connectivity index (χ3v) is 5.09. The largest absolute Gasteiger partial charge is 0.298 e. The molecule has 0 saturated heterocycles. The molecule has 3 aromatic rings. The number of carbonyl (C=O) groups excluding carboxylic acids is 1. The third-order valence-electron chi connectivity index (χ3n) is 4.13. The Morgan fingerprint density at radius 3 is 2.75 bits per heavy atom. The molecule has 0 spiro atoms. The number of nitro benzene ring substituents is 1. The number of hydrogen-bond donors (Lipinski definition) is 0. The minimum atomic E-state index is -0.515. The second-order valence-corrected chi connectivity index (χ2v) is 6.98. The van der Waals surface area contributed by atoms with Crippen molar-refractivity contribution in [2.75, 3.05) is 5.75 Å². The molecule has 3 rings (SSSR count). The van der Waals surface area contributed by atoms with E-state index in [1.54, 1.807) is 12.1 Å². The van der Waals surface area contributed by atoms with Crippen LogP contribution in [0.1, 0.15) is 15.9 Å². The van der Waals surface area contributed by atoms with E-state index < -0.39 is 4.92 Å². The number of aromatic nitrogens is 3. The molecule has 0 fully saturated rings. The van der Waals surface area contributed by atoms with Crippen LogP contribution in [0.3, 0.4) is 0 Å². The summed E-state index contributed by atoms with van der Waals surface area (Å²) in [5.74, 6) is 0.604. The first kappa shape index (κ1) is 19.5. The van der Waals surface area contributed by atoms with Crippen LogP contribution in [0.4, 0.5) is 5.69 Å². The second-order valence-electron chi connectivity index (χ2n) is 6.04. The van der Waals surface area contributed by atoms with E-state index in [1.807, 2.05) is 35.8 Å². The average Bonchev–Trinajstić information content (AvgIpc) is 3.09.